The molecule has 0 saturated carbocycles. The van der Waals surface area contributed by atoms with Gasteiger partial charge in [0.25, 0.3) is 0 Å². The summed E-state index contributed by atoms with van der Waals surface area (Å²) in [6, 6.07) is 7.55. The molecular formula is C8H7Cl2. The molecule has 0 bridgehead atoms. The van der Waals surface area contributed by atoms with E-state index >= 15 is 0 Å². The zero-order valence-electron chi connectivity index (χ0n) is 5.35. The molecule has 53 valence electrons. The van der Waals surface area contributed by atoms with Crippen LogP contribution in [0.15, 0.2) is 24.3 Å². The second kappa shape index (κ2) is 3.27. The van der Waals surface area contributed by atoms with Crippen LogP contribution in [0.3, 0.4) is 0 Å². The maximum Gasteiger partial charge on any atom is 0.133 e. The molecule has 0 heterocycles. The van der Waals surface area contributed by atoms with Gasteiger partial charge in [0.2, 0.25) is 0 Å². The Morgan fingerprint density at radius 2 is 1.80 bits per heavy atom. The lowest BCUT2D eigenvalue weighted by molar-refractivity contribution is 1.32. The molecule has 0 aromatic heterocycles. The van der Waals surface area contributed by atoms with E-state index in [9.17, 15) is 0 Å². The van der Waals surface area contributed by atoms with E-state index in [2.05, 4.69) is 6.92 Å². The minimum absolute atomic E-state index is 0.464. The van der Waals surface area contributed by atoms with Crippen LogP contribution in [-0.2, 0) is 0 Å². The van der Waals surface area contributed by atoms with Crippen molar-refractivity contribution in [2.45, 2.75) is 4.84 Å². The third-order valence-corrected chi connectivity index (χ3v) is 1.76. The van der Waals surface area contributed by atoms with Crippen molar-refractivity contribution in [3.8, 4) is 0 Å². The fourth-order valence-corrected chi connectivity index (χ4v) is 1.17. The minimum Gasteiger partial charge on any atom is -0.100 e. The fourth-order valence-electron chi connectivity index (χ4n) is 0.747. The maximum atomic E-state index is 5.63. The third kappa shape index (κ3) is 1.65. The van der Waals surface area contributed by atoms with Crippen LogP contribution in [0.5, 0.6) is 0 Å². The first-order chi connectivity index (χ1) is 4.72. The highest BCUT2D eigenvalue weighted by atomic mass is 35.5. The van der Waals surface area contributed by atoms with Crippen molar-refractivity contribution in [3.63, 3.8) is 0 Å². The number of hydrogen-bond donors (Lipinski definition) is 0. The van der Waals surface area contributed by atoms with Gasteiger partial charge in [-0.3, -0.25) is 0 Å². The molecule has 0 aliphatic rings. The summed E-state index contributed by atoms with van der Waals surface area (Å²) in [5.41, 5.74) is 1.77. The van der Waals surface area contributed by atoms with Gasteiger partial charge in [0, 0.05) is 0 Å². The summed E-state index contributed by atoms with van der Waals surface area (Å²) in [5.74, 6) is 0. The average molecular weight is 174 g/mol. The van der Waals surface area contributed by atoms with Crippen molar-refractivity contribution in [3.05, 3.63) is 42.3 Å². The lowest BCUT2D eigenvalue weighted by Crippen LogP contribution is -1.84. The summed E-state index contributed by atoms with van der Waals surface area (Å²) in [7, 11) is 0. The van der Waals surface area contributed by atoms with Gasteiger partial charge in [-0.2, -0.15) is 0 Å². The molecule has 0 atom stereocenters. The topological polar surface area (TPSA) is 0 Å². The Hall–Kier alpha value is -0.200. The van der Waals surface area contributed by atoms with E-state index in [1.54, 1.807) is 0 Å². The summed E-state index contributed by atoms with van der Waals surface area (Å²) in [4.78, 5) is -0.464. The van der Waals surface area contributed by atoms with Crippen molar-refractivity contribution in [2.75, 3.05) is 0 Å². The van der Waals surface area contributed by atoms with Crippen molar-refractivity contribution in [2.24, 2.45) is 0 Å². The second-order valence-corrected chi connectivity index (χ2v) is 3.10. The summed E-state index contributed by atoms with van der Waals surface area (Å²) < 4.78 is 0. The Morgan fingerprint density at radius 1 is 1.20 bits per heavy atom. The number of alkyl halides is 2. The van der Waals surface area contributed by atoms with Gasteiger partial charge in [0.1, 0.15) is 4.84 Å². The molecule has 0 nitrogen and oxygen atoms in total. The SMILES string of the molecule is [CH2]c1ccccc1C(Cl)Cl. The van der Waals surface area contributed by atoms with Gasteiger partial charge < -0.3 is 0 Å². The third-order valence-electron chi connectivity index (χ3n) is 1.29. The summed E-state index contributed by atoms with van der Waals surface area (Å²) in [6.45, 7) is 3.77. The van der Waals surface area contributed by atoms with E-state index in [1.807, 2.05) is 24.3 Å². The molecule has 1 aromatic carbocycles. The fraction of sp³-hybridized carbons (Fsp3) is 0.125. The van der Waals surface area contributed by atoms with Gasteiger partial charge in [-0.05, 0) is 18.1 Å². The molecule has 10 heavy (non-hydrogen) atoms. The molecule has 0 saturated heterocycles. The lowest BCUT2D eigenvalue weighted by atomic mass is 10.1. The number of hydrogen-bond acceptors (Lipinski definition) is 0. The normalized spacial score (nSPS) is 10.4. The van der Waals surface area contributed by atoms with E-state index in [1.165, 1.54) is 0 Å². The standard InChI is InChI=1S/C8H7Cl2/c1-6-4-2-3-5-7(6)8(9)10/h2-5,8H,1H2. The van der Waals surface area contributed by atoms with Gasteiger partial charge in [0.05, 0.1) is 0 Å². The zero-order valence-corrected chi connectivity index (χ0v) is 6.86. The smallest absolute Gasteiger partial charge is 0.100 e. The van der Waals surface area contributed by atoms with Gasteiger partial charge in [-0.15, -0.1) is 23.2 Å². The van der Waals surface area contributed by atoms with Gasteiger partial charge in [0.15, 0.2) is 0 Å². The van der Waals surface area contributed by atoms with E-state index in [0.717, 1.165) is 11.1 Å². The molecule has 0 amide bonds. The second-order valence-electron chi connectivity index (χ2n) is 2.00. The summed E-state index contributed by atoms with van der Waals surface area (Å²) in [6.07, 6.45) is 0. The molecule has 1 rings (SSSR count). The zero-order chi connectivity index (χ0) is 7.56. The molecule has 1 radical (unpaired) electrons. The highest BCUT2D eigenvalue weighted by Gasteiger charge is 2.03. The summed E-state index contributed by atoms with van der Waals surface area (Å²) >= 11 is 11.3. The predicted molar refractivity (Wildman–Crippen MR) is 45.3 cm³/mol. The van der Waals surface area contributed by atoms with Crippen LogP contribution in [0.4, 0.5) is 0 Å². The highest BCUT2D eigenvalue weighted by molar-refractivity contribution is 6.44. The van der Waals surface area contributed by atoms with E-state index in [-0.39, 0.29) is 0 Å². The predicted octanol–water partition coefficient (Wildman–Crippen LogP) is 3.34. The number of benzene rings is 1. The molecule has 0 aliphatic heterocycles. The van der Waals surface area contributed by atoms with Crippen LogP contribution in [-0.4, -0.2) is 0 Å². The molecule has 2 heteroatoms. The molecule has 0 spiro atoms. The van der Waals surface area contributed by atoms with Crippen LogP contribution in [0.2, 0.25) is 0 Å². The molecule has 0 unspecified atom stereocenters. The van der Waals surface area contributed by atoms with Crippen LogP contribution in [0, 0.1) is 6.92 Å². The Morgan fingerprint density at radius 3 is 2.20 bits per heavy atom. The Labute approximate surface area is 70.8 Å². The highest BCUT2D eigenvalue weighted by Crippen LogP contribution is 2.26. The first-order valence-electron chi connectivity index (χ1n) is 2.91. The van der Waals surface area contributed by atoms with Crippen molar-refractivity contribution in [1.29, 1.82) is 0 Å². The summed E-state index contributed by atoms with van der Waals surface area (Å²) in [5, 5.41) is 0. The van der Waals surface area contributed by atoms with Crippen LogP contribution in [0.25, 0.3) is 0 Å². The van der Waals surface area contributed by atoms with Gasteiger partial charge in [-0.25, -0.2) is 0 Å². The van der Waals surface area contributed by atoms with Crippen molar-refractivity contribution < 1.29 is 0 Å². The largest absolute Gasteiger partial charge is 0.133 e. The molecule has 0 fully saturated rings. The molecule has 0 N–H and O–H groups in total. The Balaban J connectivity index is 3.03. The first kappa shape index (κ1) is 7.90. The molecule has 1 aromatic rings. The number of halogens is 2. The van der Waals surface area contributed by atoms with Crippen LogP contribution < -0.4 is 0 Å². The van der Waals surface area contributed by atoms with Gasteiger partial charge >= 0.3 is 0 Å². The number of rotatable bonds is 1. The van der Waals surface area contributed by atoms with E-state index in [0.29, 0.717) is 0 Å². The van der Waals surface area contributed by atoms with Crippen LogP contribution >= 0.6 is 23.2 Å². The lowest BCUT2D eigenvalue weighted by Gasteiger charge is -2.03. The Bertz CT molecular complexity index is 218. The van der Waals surface area contributed by atoms with Crippen molar-refractivity contribution >= 4 is 23.2 Å². The minimum atomic E-state index is -0.464. The Kier molecular flexibility index (Phi) is 2.58. The monoisotopic (exact) mass is 173 g/mol. The molecule has 0 aliphatic carbocycles. The van der Waals surface area contributed by atoms with Crippen molar-refractivity contribution in [1.82, 2.24) is 0 Å². The van der Waals surface area contributed by atoms with E-state index < -0.39 is 4.84 Å². The van der Waals surface area contributed by atoms with E-state index in [4.69, 9.17) is 23.2 Å². The first-order valence-corrected chi connectivity index (χ1v) is 3.78. The van der Waals surface area contributed by atoms with Crippen LogP contribution in [0.1, 0.15) is 16.0 Å². The average Bonchev–Trinajstić information content (AvgIpc) is 1.88. The quantitative estimate of drug-likeness (QED) is 0.572. The van der Waals surface area contributed by atoms with Gasteiger partial charge in [-0.1, -0.05) is 24.3 Å². The maximum absolute atomic E-state index is 5.63. The molecular weight excluding hydrogens is 167 g/mol.